The Morgan fingerprint density at radius 3 is 2.94 bits per heavy atom. The highest BCUT2D eigenvalue weighted by atomic mass is 16.5. The molecule has 1 N–H and O–H groups in total. The fourth-order valence-corrected chi connectivity index (χ4v) is 2.80. The number of hydrogen-bond donors (Lipinski definition) is 1. The van der Waals surface area contributed by atoms with E-state index in [-0.39, 0.29) is 0 Å². The van der Waals surface area contributed by atoms with Gasteiger partial charge in [0.25, 0.3) is 0 Å². The zero-order valence-corrected chi connectivity index (χ0v) is 10.1. The summed E-state index contributed by atoms with van der Waals surface area (Å²) < 4.78 is 5.59. The number of benzene rings is 1. The monoisotopic (exact) mass is 230 g/mol. The smallest absolute Gasteiger partial charge is 0.128 e. The van der Waals surface area contributed by atoms with E-state index in [1.807, 2.05) is 12.1 Å². The van der Waals surface area contributed by atoms with Gasteiger partial charge in [-0.05, 0) is 18.9 Å². The molecule has 2 atom stereocenters. The second-order valence-electron chi connectivity index (χ2n) is 5.01. The lowest BCUT2D eigenvalue weighted by molar-refractivity contribution is 0.0996. The Morgan fingerprint density at radius 2 is 2.24 bits per heavy atom. The van der Waals surface area contributed by atoms with Gasteiger partial charge in [-0.3, -0.25) is 5.41 Å². The Morgan fingerprint density at radius 1 is 1.41 bits per heavy atom. The van der Waals surface area contributed by atoms with Crippen LogP contribution in [-0.4, -0.2) is 30.0 Å². The number of nitrogens with one attached hydrogen (secondary N) is 1. The van der Waals surface area contributed by atoms with Crippen LogP contribution in [0.4, 0.5) is 0 Å². The van der Waals surface area contributed by atoms with Gasteiger partial charge in [0.05, 0.1) is 6.10 Å². The third-order valence-corrected chi connectivity index (χ3v) is 3.94. The van der Waals surface area contributed by atoms with Crippen LogP contribution in [0.25, 0.3) is 0 Å². The van der Waals surface area contributed by atoms with Gasteiger partial charge in [0.2, 0.25) is 0 Å². The molecule has 3 nitrogen and oxygen atoms in total. The maximum absolute atomic E-state index is 8.20. The quantitative estimate of drug-likeness (QED) is 0.846. The summed E-state index contributed by atoms with van der Waals surface area (Å²) in [6.45, 7) is 4.86. The summed E-state index contributed by atoms with van der Waals surface area (Å²) in [6.07, 6.45) is 1.47. The van der Waals surface area contributed by atoms with Crippen LogP contribution in [0.2, 0.25) is 0 Å². The molecular weight excluding hydrogens is 212 g/mol. The minimum atomic E-state index is 0.339. The molecule has 3 rings (SSSR count). The highest BCUT2D eigenvalue weighted by Gasteiger charge is 2.30. The Hall–Kier alpha value is -1.35. The first-order valence-corrected chi connectivity index (χ1v) is 6.29. The predicted octanol–water partition coefficient (Wildman–Crippen LogP) is 2.25. The van der Waals surface area contributed by atoms with Crippen LogP contribution in [0.3, 0.4) is 0 Å². The second kappa shape index (κ2) is 4.15. The van der Waals surface area contributed by atoms with E-state index in [0.29, 0.717) is 17.9 Å². The first-order chi connectivity index (χ1) is 8.25. The van der Waals surface area contributed by atoms with Crippen molar-refractivity contribution < 1.29 is 4.74 Å². The van der Waals surface area contributed by atoms with Crippen LogP contribution in [0.5, 0.6) is 0 Å². The van der Waals surface area contributed by atoms with E-state index in [9.17, 15) is 0 Å². The molecule has 1 fully saturated rings. The topological polar surface area (TPSA) is 36.3 Å². The third-order valence-electron chi connectivity index (χ3n) is 3.94. The molecule has 1 aromatic rings. The average molecular weight is 230 g/mol. The van der Waals surface area contributed by atoms with Gasteiger partial charge in [-0.15, -0.1) is 0 Å². The Bertz CT molecular complexity index is 444. The van der Waals surface area contributed by atoms with Gasteiger partial charge < -0.3 is 9.64 Å². The highest BCUT2D eigenvalue weighted by molar-refractivity contribution is 6.00. The molecule has 2 aliphatic rings. The average Bonchev–Trinajstić information content (AvgIpc) is 2.87. The molecular formula is C14H18N2O. The highest BCUT2D eigenvalue weighted by Crippen LogP contribution is 2.27. The van der Waals surface area contributed by atoms with Crippen LogP contribution in [0.1, 0.15) is 24.5 Å². The van der Waals surface area contributed by atoms with E-state index in [4.69, 9.17) is 10.1 Å². The second-order valence-corrected chi connectivity index (χ2v) is 5.01. The zero-order valence-electron chi connectivity index (χ0n) is 10.1. The van der Waals surface area contributed by atoms with Gasteiger partial charge in [0.15, 0.2) is 0 Å². The molecule has 0 radical (unpaired) electrons. The standard InChI is InChI=1S/C14H18N2O/c1-10-11(6-7-17-10)8-16-9-12-4-2-3-5-13(12)14(16)15/h2-5,10-11,15H,6-9H2,1H3. The van der Waals surface area contributed by atoms with E-state index in [1.165, 1.54) is 5.56 Å². The van der Waals surface area contributed by atoms with Gasteiger partial charge in [0, 0.05) is 31.2 Å². The van der Waals surface area contributed by atoms with Crippen molar-refractivity contribution in [3.63, 3.8) is 0 Å². The van der Waals surface area contributed by atoms with E-state index >= 15 is 0 Å². The Labute approximate surface area is 102 Å². The molecule has 0 spiro atoms. The lowest BCUT2D eigenvalue weighted by Crippen LogP contribution is -2.32. The largest absolute Gasteiger partial charge is 0.378 e. The summed E-state index contributed by atoms with van der Waals surface area (Å²) in [5, 5.41) is 8.20. The molecule has 2 unspecified atom stereocenters. The van der Waals surface area contributed by atoms with Crippen molar-refractivity contribution in [3.8, 4) is 0 Å². The normalized spacial score (nSPS) is 27.6. The van der Waals surface area contributed by atoms with Crippen LogP contribution in [0, 0.1) is 11.3 Å². The lowest BCUT2D eigenvalue weighted by atomic mass is 10.0. The van der Waals surface area contributed by atoms with Gasteiger partial charge in [-0.2, -0.15) is 0 Å². The van der Waals surface area contributed by atoms with Gasteiger partial charge in [-0.1, -0.05) is 24.3 Å². The van der Waals surface area contributed by atoms with Crippen molar-refractivity contribution in [3.05, 3.63) is 35.4 Å². The van der Waals surface area contributed by atoms with Crippen molar-refractivity contribution >= 4 is 5.84 Å². The first kappa shape index (κ1) is 10.8. The summed E-state index contributed by atoms with van der Waals surface area (Å²) in [5.74, 6) is 1.25. The third kappa shape index (κ3) is 1.84. The number of ether oxygens (including phenoxy) is 1. The Kier molecular flexibility index (Phi) is 2.63. The molecule has 90 valence electrons. The van der Waals surface area contributed by atoms with Gasteiger partial charge in [0.1, 0.15) is 5.84 Å². The SMILES string of the molecule is CC1OCCC1CN1Cc2ccccc2C1=N. The molecule has 0 amide bonds. The van der Waals surface area contributed by atoms with Crippen LogP contribution in [-0.2, 0) is 11.3 Å². The predicted molar refractivity (Wildman–Crippen MR) is 67.2 cm³/mol. The molecule has 0 bridgehead atoms. The number of hydrogen-bond acceptors (Lipinski definition) is 2. The first-order valence-electron chi connectivity index (χ1n) is 6.29. The number of rotatable bonds is 2. The summed E-state index contributed by atoms with van der Waals surface area (Å²) in [7, 11) is 0. The summed E-state index contributed by atoms with van der Waals surface area (Å²) >= 11 is 0. The number of nitrogens with zero attached hydrogens (tertiary/aromatic N) is 1. The minimum Gasteiger partial charge on any atom is -0.378 e. The van der Waals surface area contributed by atoms with E-state index in [2.05, 4.69) is 24.0 Å². The van der Waals surface area contributed by atoms with E-state index in [1.54, 1.807) is 0 Å². The zero-order chi connectivity index (χ0) is 11.8. The molecule has 0 aliphatic carbocycles. The van der Waals surface area contributed by atoms with E-state index in [0.717, 1.165) is 31.7 Å². The molecule has 2 heterocycles. The van der Waals surface area contributed by atoms with Crippen LogP contribution < -0.4 is 0 Å². The molecule has 3 heteroatoms. The van der Waals surface area contributed by atoms with Crippen molar-refractivity contribution in [1.29, 1.82) is 5.41 Å². The van der Waals surface area contributed by atoms with Crippen molar-refractivity contribution in [1.82, 2.24) is 4.90 Å². The number of amidine groups is 1. The maximum atomic E-state index is 8.20. The minimum absolute atomic E-state index is 0.339. The molecule has 17 heavy (non-hydrogen) atoms. The van der Waals surface area contributed by atoms with Gasteiger partial charge in [-0.25, -0.2) is 0 Å². The van der Waals surface area contributed by atoms with Crippen molar-refractivity contribution in [2.45, 2.75) is 26.0 Å². The number of fused-ring (bicyclic) bond motifs is 1. The van der Waals surface area contributed by atoms with Gasteiger partial charge >= 0.3 is 0 Å². The summed E-state index contributed by atoms with van der Waals surface area (Å²) in [4.78, 5) is 2.18. The lowest BCUT2D eigenvalue weighted by Gasteiger charge is -2.23. The van der Waals surface area contributed by atoms with Crippen molar-refractivity contribution in [2.75, 3.05) is 13.2 Å². The summed E-state index contributed by atoms with van der Waals surface area (Å²) in [5.41, 5.74) is 2.38. The fourth-order valence-electron chi connectivity index (χ4n) is 2.80. The molecule has 1 saturated heterocycles. The fraction of sp³-hybridized carbons (Fsp3) is 0.500. The summed E-state index contributed by atoms with van der Waals surface area (Å²) in [6, 6.07) is 8.24. The molecule has 0 saturated carbocycles. The Balaban J connectivity index is 1.74. The van der Waals surface area contributed by atoms with Crippen LogP contribution >= 0.6 is 0 Å². The van der Waals surface area contributed by atoms with E-state index < -0.39 is 0 Å². The maximum Gasteiger partial charge on any atom is 0.128 e. The molecule has 1 aromatic carbocycles. The van der Waals surface area contributed by atoms with Crippen LogP contribution in [0.15, 0.2) is 24.3 Å². The molecule has 2 aliphatic heterocycles. The van der Waals surface area contributed by atoms with Crippen molar-refractivity contribution in [2.24, 2.45) is 5.92 Å². The molecule has 0 aromatic heterocycles.